The first-order chi connectivity index (χ1) is 7.25. The standard InChI is InChI=1S/C9H16F3N3O/c1-5(13)7(9(10,11)12)15-4-2-3-6(15)8(14)16/h5-7H,2-4,13H2,1H3,(H2,14,16). The number of nitrogens with two attached hydrogens (primary N) is 2. The molecule has 0 spiro atoms. The molecule has 1 rings (SSSR count). The first kappa shape index (κ1) is 13.2. The zero-order chi connectivity index (χ0) is 12.5. The van der Waals surface area contributed by atoms with Gasteiger partial charge >= 0.3 is 6.18 Å². The highest BCUT2D eigenvalue weighted by Crippen LogP contribution is 2.31. The van der Waals surface area contributed by atoms with Crippen molar-refractivity contribution in [3.05, 3.63) is 0 Å². The maximum atomic E-state index is 12.8. The van der Waals surface area contributed by atoms with Gasteiger partial charge in [0, 0.05) is 6.04 Å². The molecule has 0 saturated carbocycles. The molecule has 1 heterocycles. The maximum Gasteiger partial charge on any atom is 0.405 e. The summed E-state index contributed by atoms with van der Waals surface area (Å²) in [7, 11) is 0. The monoisotopic (exact) mass is 239 g/mol. The third-order valence-electron chi connectivity index (χ3n) is 2.81. The smallest absolute Gasteiger partial charge is 0.368 e. The van der Waals surface area contributed by atoms with E-state index in [2.05, 4.69) is 0 Å². The SMILES string of the molecule is CC(N)C(N1CCCC1C(N)=O)C(F)(F)F. The number of carbonyl (C=O) groups excluding carboxylic acids is 1. The molecule has 0 aliphatic carbocycles. The van der Waals surface area contributed by atoms with Gasteiger partial charge in [0.1, 0.15) is 6.04 Å². The number of amides is 1. The topological polar surface area (TPSA) is 72.3 Å². The van der Waals surface area contributed by atoms with Crippen LogP contribution in [0.1, 0.15) is 19.8 Å². The fourth-order valence-corrected chi connectivity index (χ4v) is 2.22. The summed E-state index contributed by atoms with van der Waals surface area (Å²) in [5.74, 6) is -0.715. The van der Waals surface area contributed by atoms with Crippen molar-refractivity contribution in [1.29, 1.82) is 0 Å². The van der Waals surface area contributed by atoms with Crippen LogP contribution in [0.15, 0.2) is 0 Å². The van der Waals surface area contributed by atoms with E-state index in [1.54, 1.807) is 0 Å². The molecule has 1 saturated heterocycles. The molecule has 0 radical (unpaired) electrons. The van der Waals surface area contributed by atoms with Crippen LogP contribution in [0, 0.1) is 0 Å². The molecule has 4 N–H and O–H groups in total. The molecular weight excluding hydrogens is 223 g/mol. The van der Waals surface area contributed by atoms with Crippen LogP contribution in [0.3, 0.4) is 0 Å². The Balaban J connectivity index is 2.90. The van der Waals surface area contributed by atoms with Gasteiger partial charge < -0.3 is 11.5 Å². The van der Waals surface area contributed by atoms with Crippen LogP contribution in [0.25, 0.3) is 0 Å². The van der Waals surface area contributed by atoms with Crippen molar-refractivity contribution in [3.8, 4) is 0 Å². The molecule has 16 heavy (non-hydrogen) atoms. The van der Waals surface area contributed by atoms with Crippen LogP contribution in [-0.2, 0) is 4.79 Å². The number of alkyl halides is 3. The van der Waals surface area contributed by atoms with Gasteiger partial charge in [-0.1, -0.05) is 0 Å². The molecular formula is C9H16F3N3O. The van der Waals surface area contributed by atoms with E-state index in [0.29, 0.717) is 12.8 Å². The first-order valence-corrected chi connectivity index (χ1v) is 5.12. The van der Waals surface area contributed by atoms with Crippen LogP contribution < -0.4 is 11.5 Å². The van der Waals surface area contributed by atoms with Crippen molar-refractivity contribution in [1.82, 2.24) is 4.90 Å². The van der Waals surface area contributed by atoms with Gasteiger partial charge in [-0.3, -0.25) is 9.69 Å². The van der Waals surface area contributed by atoms with Crippen LogP contribution >= 0.6 is 0 Å². The van der Waals surface area contributed by atoms with Crippen molar-refractivity contribution >= 4 is 5.91 Å². The second-order valence-corrected chi connectivity index (χ2v) is 4.14. The van der Waals surface area contributed by atoms with E-state index >= 15 is 0 Å². The van der Waals surface area contributed by atoms with Gasteiger partial charge in [-0.2, -0.15) is 13.2 Å². The number of halogens is 3. The Morgan fingerprint density at radius 3 is 2.44 bits per heavy atom. The Bertz CT molecular complexity index is 267. The van der Waals surface area contributed by atoms with Gasteiger partial charge in [0.25, 0.3) is 0 Å². The van der Waals surface area contributed by atoms with E-state index in [-0.39, 0.29) is 6.54 Å². The molecule has 4 nitrogen and oxygen atoms in total. The summed E-state index contributed by atoms with van der Waals surface area (Å²) < 4.78 is 38.4. The summed E-state index contributed by atoms with van der Waals surface area (Å²) in [4.78, 5) is 12.1. The van der Waals surface area contributed by atoms with E-state index in [4.69, 9.17) is 11.5 Å². The molecule has 0 aromatic carbocycles. The van der Waals surface area contributed by atoms with Gasteiger partial charge in [0.2, 0.25) is 5.91 Å². The lowest BCUT2D eigenvalue weighted by Crippen LogP contribution is -2.58. The van der Waals surface area contributed by atoms with Crippen molar-refractivity contribution in [2.24, 2.45) is 11.5 Å². The summed E-state index contributed by atoms with van der Waals surface area (Å²) >= 11 is 0. The Labute approximate surface area is 91.8 Å². The highest BCUT2D eigenvalue weighted by atomic mass is 19.4. The number of primary amides is 1. The van der Waals surface area contributed by atoms with Crippen molar-refractivity contribution in [3.63, 3.8) is 0 Å². The summed E-state index contributed by atoms with van der Waals surface area (Å²) in [5, 5.41) is 0. The second-order valence-electron chi connectivity index (χ2n) is 4.14. The highest BCUT2D eigenvalue weighted by molar-refractivity contribution is 5.80. The minimum atomic E-state index is -4.44. The lowest BCUT2D eigenvalue weighted by molar-refractivity contribution is -0.190. The molecule has 3 unspecified atom stereocenters. The van der Waals surface area contributed by atoms with Gasteiger partial charge in [0.15, 0.2) is 0 Å². The molecule has 1 fully saturated rings. The molecule has 1 amide bonds. The van der Waals surface area contributed by atoms with Crippen molar-refractivity contribution in [2.45, 2.75) is 44.1 Å². The van der Waals surface area contributed by atoms with Crippen molar-refractivity contribution < 1.29 is 18.0 Å². The van der Waals surface area contributed by atoms with Gasteiger partial charge in [-0.15, -0.1) is 0 Å². The number of hydrogen-bond acceptors (Lipinski definition) is 3. The minimum absolute atomic E-state index is 0.208. The van der Waals surface area contributed by atoms with E-state index in [1.165, 1.54) is 6.92 Å². The zero-order valence-electron chi connectivity index (χ0n) is 9.00. The summed E-state index contributed by atoms with van der Waals surface area (Å²) in [5.41, 5.74) is 10.4. The average molecular weight is 239 g/mol. The van der Waals surface area contributed by atoms with Crippen molar-refractivity contribution in [2.75, 3.05) is 6.54 Å². The molecule has 7 heteroatoms. The summed E-state index contributed by atoms with van der Waals surface area (Å²) in [6.07, 6.45) is -3.53. The van der Waals surface area contributed by atoms with Crippen LogP contribution in [0.5, 0.6) is 0 Å². The molecule has 0 aromatic heterocycles. The molecule has 1 aliphatic heterocycles. The number of likely N-dealkylation sites (tertiary alicyclic amines) is 1. The number of rotatable bonds is 3. The Kier molecular flexibility index (Phi) is 3.80. The fourth-order valence-electron chi connectivity index (χ4n) is 2.22. The largest absolute Gasteiger partial charge is 0.405 e. The molecule has 3 atom stereocenters. The fraction of sp³-hybridized carbons (Fsp3) is 0.889. The normalized spacial score (nSPS) is 26.7. The minimum Gasteiger partial charge on any atom is -0.368 e. The Morgan fingerprint density at radius 1 is 1.50 bits per heavy atom. The van der Waals surface area contributed by atoms with Crippen LogP contribution in [-0.4, -0.2) is 41.7 Å². The quantitative estimate of drug-likeness (QED) is 0.739. The third-order valence-corrected chi connectivity index (χ3v) is 2.81. The lowest BCUT2D eigenvalue weighted by atomic mass is 10.1. The third kappa shape index (κ3) is 2.65. The summed E-state index contributed by atoms with van der Waals surface area (Å²) in [6.45, 7) is 1.49. The van der Waals surface area contributed by atoms with E-state index in [0.717, 1.165) is 4.90 Å². The summed E-state index contributed by atoms with van der Waals surface area (Å²) in [6, 6.07) is -3.73. The van der Waals surface area contributed by atoms with E-state index in [1.807, 2.05) is 0 Å². The van der Waals surface area contributed by atoms with Gasteiger partial charge in [-0.05, 0) is 26.3 Å². The Morgan fingerprint density at radius 2 is 2.06 bits per heavy atom. The predicted molar refractivity (Wildman–Crippen MR) is 52.4 cm³/mol. The lowest BCUT2D eigenvalue weighted by Gasteiger charge is -2.35. The van der Waals surface area contributed by atoms with E-state index < -0.39 is 30.2 Å². The Hall–Kier alpha value is -0.820. The number of nitrogens with zero attached hydrogens (tertiary/aromatic N) is 1. The van der Waals surface area contributed by atoms with Crippen LogP contribution in [0.4, 0.5) is 13.2 Å². The molecule has 94 valence electrons. The highest BCUT2D eigenvalue weighted by Gasteiger charge is 2.50. The zero-order valence-corrected chi connectivity index (χ0v) is 9.00. The maximum absolute atomic E-state index is 12.8. The average Bonchev–Trinajstić information content (AvgIpc) is 2.48. The first-order valence-electron chi connectivity index (χ1n) is 5.12. The number of carbonyl (C=O) groups is 1. The molecule has 0 bridgehead atoms. The predicted octanol–water partition coefficient (Wildman–Crippen LogP) is 0.214. The van der Waals surface area contributed by atoms with Gasteiger partial charge in [-0.25, -0.2) is 0 Å². The molecule has 0 aromatic rings. The van der Waals surface area contributed by atoms with Crippen LogP contribution in [0.2, 0.25) is 0 Å². The second kappa shape index (κ2) is 4.58. The van der Waals surface area contributed by atoms with E-state index in [9.17, 15) is 18.0 Å². The molecule has 1 aliphatic rings. The van der Waals surface area contributed by atoms with Gasteiger partial charge in [0.05, 0.1) is 6.04 Å². The number of hydrogen-bond donors (Lipinski definition) is 2.